The van der Waals surface area contributed by atoms with E-state index in [1.807, 2.05) is 4.90 Å². The van der Waals surface area contributed by atoms with E-state index in [1.54, 1.807) is 0 Å². The van der Waals surface area contributed by atoms with Crippen LogP contribution in [0.2, 0.25) is 0 Å². The first-order chi connectivity index (χ1) is 7.52. The monoisotopic (exact) mass is 225 g/mol. The molecule has 16 heavy (non-hydrogen) atoms. The van der Waals surface area contributed by atoms with Gasteiger partial charge in [0.2, 0.25) is 5.91 Å². The minimum absolute atomic E-state index is 0.330. The van der Waals surface area contributed by atoms with Crippen LogP contribution in [0.4, 0.5) is 0 Å². The van der Waals surface area contributed by atoms with Crippen molar-refractivity contribution in [3.05, 3.63) is 0 Å². The zero-order chi connectivity index (χ0) is 12.1. The van der Waals surface area contributed by atoms with Gasteiger partial charge < -0.3 is 4.90 Å². The van der Waals surface area contributed by atoms with Gasteiger partial charge in [0.1, 0.15) is 0 Å². The Bertz CT molecular complexity index is 209. The number of carbonyl (C=O) groups is 1. The van der Waals surface area contributed by atoms with Crippen molar-refractivity contribution in [1.82, 2.24) is 4.90 Å². The summed E-state index contributed by atoms with van der Waals surface area (Å²) in [6, 6.07) is 0.659. The van der Waals surface area contributed by atoms with Crippen LogP contribution in [-0.2, 0) is 4.79 Å². The fourth-order valence-corrected chi connectivity index (χ4v) is 2.93. The standard InChI is InChI=1S/C14H27NO/c1-11(2)15(12(3)4)14(16)10-9-13-7-5-6-8-13/h11-13H,5-10H2,1-4H3. The number of nitrogens with zero attached hydrogens (tertiary/aromatic N) is 1. The molecule has 0 aliphatic heterocycles. The molecule has 1 rings (SSSR count). The number of rotatable bonds is 5. The molecule has 1 fully saturated rings. The Morgan fingerprint density at radius 2 is 1.62 bits per heavy atom. The Labute approximate surface area is 100 Å². The molecule has 0 radical (unpaired) electrons. The molecule has 2 heteroatoms. The Morgan fingerprint density at radius 3 is 2.06 bits per heavy atom. The Morgan fingerprint density at radius 1 is 1.12 bits per heavy atom. The molecule has 0 aromatic rings. The van der Waals surface area contributed by atoms with Crippen LogP contribution in [0.3, 0.4) is 0 Å². The van der Waals surface area contributed by atoms with Crippen LogP contribution >= 0.6 is 0 Å². The highest BCUT2D eigenvalue weighted by Gasteiger charge is 2.22. The Kier molecular flexibility index (Phi) is 5.30. The molecule has 0 aromatic carbocycles. The largest absolute Gasteiger partial charge is 0.338 e. The average Bonchev–Trinajstić information content (AvgIpc) is 2.65. The minimum Gasteiger partial charge on any atom is -0.338 e. The molecule has 0 bridgehead atoms. The van der Waals surface area contributed by atoms with E-state index >= 15 is 0 Å². The molecule has 0 atom stereocenters. The molecule has 94 valence electrons. The van der Waals surface area contributed by atoms with E-state index < -0.39 is 0 Å². The van der Waals surface area contributed by atoms with Gasteiger partial charge >= 0.3 is 0 Å². The van der Waals surface area contributed by atoms with Gasteiger partial charge in [-0.25, -0.2) is 0 Å². The second kappa shape index (κ2) is 6.27. The summed E-state index contributed by atoms with van der Waals surface area (Å²) >= 11 is 0. The van der Waals surface area contributed by atoms with Crippen molar-refractivity contribution >= 4 is 5.91 Å². The Balaban J connectivity index is 2.36. The predicted octanol–water partition coefficient (Wildman–Crippen LogP) is 3.60. The lowest BCUT2D eigenvalue weighted by molar-refractivity contribution is -0.135. The normalized spacial score (nSPS) is 17.4. The fourth-order valence-electron chi connectivity index (χ4n) is 2.93. The molecule has 0 unspecified atom stereocenters. The van der Waals surface area contributed by atoms with Gasteiger partial charge in [0, 0.05) is 18.5 Å². The number of hydrogen-bond donors (Lipinski definition) is 0. The summed E-state index contributed by atoms with van der Waals surface area (Å²) in [5, 5.41) is 0. The molecule has 2 nitrogen and oxygen atoms in total. The molecule has 1 aliphatic carbocycles. The van der Waals surface area contributed by atoms with Gasteiger partial charge in [0.05, 0.1) is 0 Å². The molecule has 0 N–H and O–H groups in total. The third-order valence-corrected chi connectivity index (χ3v) is 3.64. The van der Waals surface area contributed by atoms with E-state index in [0.717, 1.165) is 18.8 Å². The van der Waals surface area contributed by atoms with Gasteiger partial charge in [-0.3, -0.25) is 4.79 Å². The second-order valence-corrected chi connectivity index (χ2v) is 5.68. The maximum absolute atomic E-state index is 12.1. The van der Waals surface area contributed by atoms with Crippen LogP contribution in [0.5, 0.6) is 0 Å². The number of amides is 1. The predicted molar refractivity (Wildman–Crippen MR) is 68.3 cm³/mol. The fraction of sp³-hybridized carbons (Fsp3) is 0.929. The van der Waals surface area contributed by atoms with Gasteiger partial charge in [-0.1, -0.05) is 25.7 Å². The van der Waals surface area contributed by atoms with E-state index in [9.17, 15) is 4.79 Å². The summed E-state index contributed by atoms with van der Waals surface area (Å²) in [6.07, 6.45) is 7.29. The van der Waals surface area contributed by atoms with Crippen molar-refractivity contribution in [3.8, 4) is 0 Å². The van der Waals surface area contributed by atoms with Crippen molar-refractivity contribution < 1.29 is 4.79 Å². The summed E-state index contributed by atoms with van der Waals surface area (Å²) in [5.74, 6) is 1.17. The van der Waals surface area contributed by atoms with Crippen LogP contribution in [0.1, 0.15) is 66.2 Å². The Hall–Kier alpha value is -0.530. The van der Waals surface area contributed by atoms with E-state index in [2.05, 4.69) is 27.7 Å². The third kappa shape index (κ3) is 3.80. The van der Waals surface area contributed by atoms with Gasteiger partial charge in [-0.15, -0.1) is 0 Å². The molecule has 0 heterocycles. The minimum atomic E-state index is 0.330. The zero-order valence-electron chi connectivity index (χ0n) is 11.3. The summed E-state index contributed by atoms with van der Waals surface area (Å²) in [6.45, 7) is 8.42. The highest BCUT2D eigenvalue weighted by molar-refractivity contribution is 5.76. The molecule has 0 spiro atoms. The lowest BCUT2D eigenvalue weighted by atomic mass is 10.0. The SMILES string of the molecule is CC(C)N(C(=O)CCC1CCCC1)C(C)C. The maximum atomic E-state index is 12.1. The highest BCUT2D eigenvalue weighted by Crippen LogP contribution is 2.28. The smallest absolute Gasteiger partial charge is 0.223 e. The summed E-state index contributed by atoms with van der Waals surface area (Å²) in [5.41, 5.74) is 0. The van der Waals surface area contributed by atoms with Crippen molar-refractivity contribution in [3.63, 3.8) is 0 Å². The molecular formula is C14H27NO. The van der Waals surface area contributed by atoms with Crippen LogP contribution in [0.15, 0.2) is 0 Å². The van der Waals surface area contributed by atoms with Crippen LogP contribution in [0.25, 0.3) is 0 Å². The quantitative estimate of drug-likeness (QED) is 0.700. The molecular weight excluding hydrogens is 198 g/mol. The summed E-state index contributed by atoms with van der Waals surface area (Å²) < 4.78 is 0. The van der Waals surface area contributed by atoms with Gasteiger partial charge in [0.15, 0.2) is 0 Å². The molecule has 1 amide bonds. The molecule has 1 saturated carbocycles. The van der Waals surface area contributed by atoms with E-state index in [0.29, 0.717) is 18.0 Å². The third-order valence-electron chi connectivity index (χ3n) is 3.64. The summed E-state index contributed by atoms with van der Waals surface area (Å²) in [7, 11) is 0. The molecule has 0 saturated heterocycles. The van der Waals surface area contributed by atoms with Crippen molar-refractivity contribution in [2.75, 3.05) is 0 Å². The first-order valence-electron chi connectivity index (χ1n) is 6.83. The van der Waals surface area contributed by atoms with Crippen molar-refractivity contribution in [1.29, 1.82) is 0 Å². The number of carbonyl (C=O) groups excluding carboxylic acids is 1. The van der Waals surface area contributed by atoms with Crippen LogP contribution < -0.4 is 0 Å². The average molecular weight is 225 g/mol. The van der Waals surface area contributed by atoms with Crippen molar-refractivity contribution in [2.45, 2.75) is 78.3 Å². The lowest BCUT2D eigenvalue weighted by Crippen LogP contribution is -2.42. The molecule has 0 aromatic heterocycles. The van der Waals surface area contributed by atoms with E-state index in [1.165, 1.54) is 25.7 Å². The second-order valence-electron chi connectivity index (χ2n) is 5.68. The first kappa shape index (κ1) is 13.5. The highest BCUT2D eigenvalue weighted by atomic mass is 16.2. The van der Waals surface area contributed by atoms with E-state index in [4.69, 9.17) is 0 Å². The topological polar surface area (TPSA) is 20.3 Å². The summed E-state index contributed by atoms with van der Waals surface area (Å²) in [4.78, 5) is 14.1. The van der Waals surface area contributed by atoms with Gasteiger partial charge in [0.25, 0.3) is 0 Å². The molecule has 1 aliphatic rings. The van der Waals surface area contributed by atoms with Crippen molar-refractivity contribution in [2.24, 2.45) is 5.92 Å². The maximum Gasteiger partial charge on any atom is 0.223 e. The first-order valence-corrected chi connectivity index (χ1v) is 6.83. The van der Waals surface area contributed by atoms with E-state index in [-0.39, 0.29) is 0 Å². The van der Waals surface area contributed by atoms with Gasteiger partial charge in [-0.05, 0) is 40.0 Å². The van der Waals surface area contributed by atoms with Crippen LogP contribution in [-0.4, -0.2) is 22.9 Å². The van der Waals surface area contributed by atoms with Gasteiger partial charge in [-0.2, -0.15) is 0 Å². The zero-order valence-corrected chi connectivity index (χ0v) is 11.3. The lowest BCUT2D eigenvalue weighted by Gasteiger charge is -2.31. The van der Waals surface area contributed by atoms with Crippen LogP contribution in [0, 0.1) is 5.92 Å². The number of hydrogen-bond acceptors (Lipinski definition) is 1.